The minimum absolute atomic E-state index is 0.00312. The third-order valence-corrected chi connectivity index (χ3v) is 7.35. The number of benzene rings is 1. The summed E-state index contributed by atoms with van der Waals surface area (Å²) in [6.07, 6.45) is 10.2. The van der Waals surface area contributed by atoms with E-state index in [0.29, 0.717) is 5.69 Å². The third kappa shape index (κ3) is 5.01. The molecule has 2 aliphatic rings. The molecule has 1 amide bonds. The summed E-state index contributed by atoms with van der Waals surface area (Å²) in [4.78, 5) is 15.4. The van der Waals surface area contributed by atoms with Crippen LogP contribution in [0, 0.1) is 0 Å². The van der Waals surface area contributed by atoms with Gasteiger partial charge in [-0.15, -0.1) is 0 Å². The van der Waals surface area contributed by atoms with E-state index in [1.807, 2.05) is 19.9 Å². The van der Waals surface area contributed by atoms with Crippen LogP contribution in [0.5, 0.6) is 5.75 Å². The Balaban J connectivity index is 1.36. The predicted octanol–water partition coefficient (Wildman–Crippen LogP) is 4.57. The fourth-order valence-corrected chi connectivity index (χ4v) is 5.54. The predicted molar refractivity (Wildman–Crippen MR) is 127 cm³/mol. The molecule has 0 spiro atoms. The molecule has 0 unspecified atom stereocenters. The topological polar surface area (TPSA) is 59.4 Å². The van der Waals surface area contributed by atoms with Crippen molar-refractivity contribution in [2.45, 2.75) is 76.3 Å². The molecule has 1 saturated carbocycles. The Morgan fingerprint density at radius 1 is 1.12 bits per heavy atom. The summed E-state index contributed by atoms with van der Waals surface area (Å²) in [6, 6.07) is 11.0. The number of piperidine rings is 1. The lowest BCUT2D eigenvalue weighted by molar-refractivity contribution is 0.0879. The van der Waals surface area contributed by atoms with Gasteiger partial charge in [0.15, 0.2) is 0 Å². The highest BCUT2D eigenvalue weighted by Crippen LogP contribution is 2.41. The Bertz CT molecular complexity index is 875. The van der Waals surface area contributed by atoms with Gasteiger partial charge >= 0.3 is 0 Å². The Morgan fingerprint density at radius 2 is 1.81 bits per heavy atom. The van der Waals surface area contributed by atoms with Crippen LogP contribution in [0.15, 0.2) is 36.5 Å². The maximum Gasteiger partial charge on any atom is 0.269 e. The summed E-state index contributed by atoms with van der Waals surface area (Å²) in [5.74, 6) is 0.923. The van der Waals surface area contributed by atoms with Crippen molar-refractivity contribution in [1.82, 2.24) is 20.0 Å². The molecule has 2 aromatic rings. The van der Waals surface area contributed by atoms with Gasteiger partial charge in [-0.2, -0.15) is 5.10 Å². The first-order valence-electron chi connectivity index (χ1n) is 12.2. The number of likely N-dealkylation sites (tertiary alicyclic amines) is 1. The summed E-state index contributed by atoms with van der Waals surface area (Å²) in [5.41, 5.74) is 2.35. The van der Waals surface area contributed by atoms with Crippen molar-refractivity contribution in [3.05, 3.63) is 47.8 Å². The number of ether oxygens (including phenoxy) is 1. The normalized spacial score (nSPS) is 19.8. The first kappa shape index (κ1) is 22.8. The van der Waals surface area contributed by atoms with Gasteiger partial charge in [0.25, 0.3) is 5.91 Å². The molecular weight excluding hydrogens is 400 g/mol. The first-order valence-corrected chi connectivity index (χ1v) is 12.2. The minimum Gasteiger partial charge on any atom is -0.497 e. The smallest absolute Gasteiger partial charge is 0.269 e. The lowest BCUT2D eigenvalue weighted by Gasteiger charge is -2.44. The second-order valence-electron chi connectivity index (χ2n) is 9.85. The van der Waals surface area contributed by atoms with Gasteiger partial charge in [0.05, 0.1) is 7.11 Å². The Kier molecular flexibility index (Phi) is 7.19. The molecule has 0 radical (unpaired) electrons. The average molecular weight is 439 g/mol. The fraction of sp³-hybridized carbons (Fsp3) is 0.615. The van der Waals surface area contributed by atoms with E-state index in [2.05, 4.69) is 39.6 Å². The van der Waals surface area contributed by atoms with Gasteiger partial charge in [0.2, 0.25) is 0 Å². The van der Waals surface area contributed by atoms with Crippen molar-refractivity contribution < 1.29 is 9.53 Å². The second-order valence-corrected chi connectivity index (χ2v) is 9.85. The van der Waals surface area contributed by atoms with E-state index >= 15 is 0 Å². The van der Waals surface area contributed by atoms with Crippen LogP contribution in [-0.2, 0) is 5.41 Å². The molecule has 0 atom stereocenters. The van der Waals surface area contributed by atoms with Gasteiger partial charge in [0, 0.05) is 43.3 Å². The van der Waals surface area contributed by atoms with E-state index in [9.17, 15) is 4.79 Å². The van der Waals surface area contributed by atoms with Crippen molar-refractivity contribution in [3.63, 3.8) is 0 Å². The van der Waals surface area contributed by atoms with E-state index in [1.165, 1.54) is 37.7 Å². The summed E-state index contributed by atoms with van der Waals surface area (Å²) >= 11 is 0. The maximum atomic E-state index is 12.8. The van der Waals surface area contributed by atoms with Crippen LogP contribution >= 0.6 is 0 Å². The first-order chi connectivity index (χ1) is 15.5. The second kappa shape index (κ2) is 10.1. The van der Waals surface area contributed by atoms with E-state index in [1.54, 1.807) is 18.0 Å². The third-order valence-electron chi connectivity index (χ3n) is 7.35. The largest absolute Gasteiger partial charge is 0.497 e. The maximum absolute atomic E-state index is 12.8. The Hall–Kier alpha value is -2.34. The lowest BCUT2D eigenvalue weighted by Crippen LogP contribution is -2.49. The molecule has 6 heteroatoms. The zero-order valence-corrected chi connectivity index (χ0v) is 19.8. The standard InChI is InChI=1S/C26H38N4O2/c1-20(2)30-24(11-16-27-30)25(31)28-22-12-17-29(18-13-22)19-26(14-5-4-6-15-26)21-7-9-23(32-3)10-8-21/h7-11,16,20,22H,4-6,12-15,17-19H2,1-3H3,(H,28,31). The number of hydrogen-bond acceptors (Lipinski definition) is 4. The molecule has 1 aliphatic heterocycles. The molecular formula is C26H38N4O2. The molecule has 1 aromatic heterocycles. The van der Waals surface area contributed by atoms with Crippen molar-refractivity contribution in [1.29, 1.82) is 0 Å². The molecule has 1 saturated heterocycles. The number of methoxy groups -OCH3 is 1. The van der Waals surface area contributed by atoms with Crippen molar-refractivity contribution >= 4 is 5.91 Å². The SMILES string of the molecule is COc1ccc(C2(CN3CCC(NC(=O)c4ccnn4C(C)C)CC3)CCCCC2)cc1. The number of rotatable bonds is 7. The van der Waals surface area contributed by atoms with Gasteiger partial charge in [-0.05, 0) is 63.3 Å². The van der Waals surface area contributed by atoms with Crippen LogP contribution in [0.4, 0.5) is 0 Å². The van der Waals surface area contributed by atoms with Crippen LogP contribution in [0.25, 0.3) is 0 Å². The van der Waals surface area contributed by atoms with Crippen molar-refractivity contribution in [2.24, 2.45) is 0 Å². The monoisotopic (exact) mass is 438 g/mol. The molecule has 6 nitrogen and oxygen atoms in total. The van der Waals surface area contributed by atoms with Gasteiger partial charge in [-0.25, -0.2) is 0 Å². The highest BCUT2D eigenvalue weighted by Gasteiger charge is 2.36. The molecule has 0 bridgehead atoms. The number of nitrogens with zero attached hydrogens (tertiary/aromatic N) is 3. The van der Waals surface area contributed by atoms with E-state index in [-0.39, 0.29) is 23.4 Å². The van der Waals surface area contributed by atoms with Gasteiger partial charge < -0.3 is 15.0 Å². The molecule has 1 aliphatic carbocycles. The minimum atomic E-state index is -0.00312. The molecule has 2 fully saturated rings. The van der Waals surface area contributed by atoms with Crippen LogP contribution in [0.1, 0.15) is 80.9 Å². The van der Waals surface area contributed by atoms with Crippen molar-refractivity contribution in [3.8, 4) is 5.75 Å². The molecule has 2 heterocycles. The van der Waals surface area contributed by atoms with Crippen LogP contribution in [-0.4, -0.2) is 53.4 Å². The summed E-state index contributed by atoms with van der Waals surface area (Å²) < 4.78 is 7.18. The van der Waals surface area contributed by atoms with Gasteiger partial charge in [-0.1, -0.05) is 31.4 Å². The summed E-state index contributed by atoms with van der Waals surface area (Å²) in [6.45, 7) is 7.27. The quantitative estimate of drug-likeness (QED) is 0.688. The molecule has 174 valence electrons. The summed E-state index contributed by atoms with van der Waals surface area (Å²) in [5, 5.41) is 7.55. The molecule has 4 rings (SSSR count). The molecule has 1 aromatic carbocycles. The molecule has 32 heavy (non-hydrogen) atoms. The highest BCUT2D eigenvalue weighted by atomic mass is 16.5. The van der Waals surface area contributed by atoms with Crippen LogP contribution in [0.2, 0.25) is 0 Å². The number of nitrogens with one attached hydrogen (secondary N) is 1. The zero-order chi connectivity index (χ0) is 22.6. The number of aromatic nitrogens is 2. The van der Waals surface area contributed by atoms with Crippen molar-refractivity contribution in [2.75, 3.05) is 26.7 Å². The number of carbonyl (C=O) groups is 1. The zero-order valence-electron chi connectivity index (χ0n) is 19.8. The van der Waals surface area contributed by atoms with Gasteiger partial charge in [0.1, 0.15) is 11.4 Å². The Morgan fingerprint density at radius 3 is 2.44 bits per heavy atom. The molecule has 1 N–H and O–H groups in total. The van der Waals surface area contributed by atoms with Crippen LogP contribution in [0.3, 0.4) is 0 Å². The number of amides is 1. The average Bonchev–Trinajstić information content (AvgIpc) is 3.32. The van der Waals surface area contributed by atoms with E-state index in [0.717, 1.165) is 38.2 Å². The lowest BCUT2D eigenvalue weighted by atomic mass is 9.69. The van der Waals surface area contributed by atoms with E-state index < -0.39 is 0 Å². The van der Waals surface area contributed by atoms with Gasteiger partial charge in [-0.3, -0.25) is 9.48 Å². The summed E-state index contributed by atoms with van der Waals surface area (Å²) in [7, 11) is 1.73. The number of hydrogen-bond donors (Lipinski definition) is 1. The fourth-order valence-electron chi connectivity index (χ4n) is 5.54. The highest BCUT2D eigenvalue weighted by molar-refractivity contribution is 5.92. The number of carbonyl (C=O) groups excluding carboxylic acids is 1. The Labute approximate surface area is 192 Å². The van der Waals surface area contributed by atoms with Crippen LogP contribution < -0.4 is 10.1 Å². The van der Waals surface area contributed by atoms with E-state index in [4.69, 9.17) is 4.74 Å².